The molecule has 0 aromatic carbocycles. The second-order valence-electron chi connectivity index (χ2n) is 2.78. The van der Waals surface area contributed by atoms with Gasteiger partial charge in [0.15, 0.2) is 5.78 Å². The molecule has 0 unspecified atom stereocenters. The van der Waals surface area contributed by atoms with Crippen molar-refractivity contribution in [3.63, 3.8) is 0 Å². The Balaban J connectivity index is 4.78. The zero-order valence-electron chi connectivity index (χ0n) is 8.22. The first-order chi connectivity index (χ1) is 5.63. The molecular formula is C11H16O. The summed E-state index contributed by atoms with van der Waals surface area (Å²) in [6, 6.07) is 0. The Hall–Kier alpha value is -1.11. The van der Waals surface area contributed by atoms with Crippen LogP contribution in [0, 0.1) is 0 Å². The minimum Gasteiger partial charge on any atom is -0.289 e. The van der Waals surface area contributed by atoms with E-state index in [0.29, 0.717) is 0 Å². The highest BCUT2D eigenvalue weighted by Gasteiger charge is 2.02. The zero-order chi connectivity index (χ0) is 9.56. The average Bonchev–Trinajstić information content (AvgIpc) is 1.99. The van der Waals surface area contributed by atoms with Crippen LogP contribution in [0.15, 0.2) is 35.5 Å². The minimum atomic E-state index is 0.0793. The van der Waals surface area contributed by atoms with E-state index >= 15 is 0 Å². The van der Waals surface area contributed by atoms with Crippen molar-refractivity contribution in [1.82, 2.24) is 0 Å². The second-order valence-corrected chi connectivity index (χ2v) is 2.78. The van der Waals surface area contributed by atoms with Gasteiger partial charge in [-0.1, -0.05) is 23.8 Å². The molecule has 66 valence electrons. The monoisotopic (exact) mass is 164 g/mol. The van der Waals surface area contributed by atoms with Gasteiger partial charge >= 0.3 is 0 Å². The first-order valence-electron chi connectivity index (χ1n) is 4.10. The third kappa shape index (κ3) is 3.33. The molecule has 0 fully saturated rings. The van der Waals surface area contributed by atoms with Gasteiger partial charge in [0.05, 0.1) is 0 Å². The minimum absolute atomic E-state index is 0.0793. The molecule has 0 aliphatic rings. The van der Waals surface area contributed by atoms with Gasteiger partial charge in [-0.3, -0.25) is 4.79 Å². The van der Waals surface area contributed by atoms with Crippen LogP contribution in [0.4, 0.5) is 0 Å². The summed E-state index contributed by atoms with van der Waals surface area (Å²) < 4.78 is 0. The summed E-state index contributed by atoms with van der Waals surface area (Å²) >= 11 is 0. The van der Waals surface area contributed by atoms with Gasteiger partial charge in [0.25, 0.3) is 0 Å². The van der Waals surface area contributed by atoms with Crippen LogP contribution in [-0.2, 0) is 4.79 Å². The lowest BCUT2D eigenvalue weighted by atomic mass is 10.1. The Bertz CT molecular complexity index is 238. The Morgan fingerprint density at radius 3 is 1.83 bits per heavy atom. The molecule has 0 N–H and O–H groups in total. The fourth-order valence-corrected chi connectivity index (χ4v) is 0.903. The lowest BCUT2D eigenvalue weighted by molar-refractivity contribution is -0.111. The quantitative estimate of drug-likeness (QED) is 0.463. The molecule has 0 atom stereocenters. The van der Waals surface area contributed by atoms with Gasteiger partial charge in [-0.15, -0.1) is 0 Å². The molecule has 0 heterocycles. The highest BCUT2D eigenvalue weighted by molar-refractivity contribution is 6.06. The highest BCUT2D eigenvalue weighted by atomic mass is 16.1. The average molecular weight is 164 g/mol. The fourth-order valence-electron chi connectivity index (χ4n) is 0.903. The summed E-state index contributed by atoms with van der Waals surface area (Å²) in [7, 11) is 0. The van der Waals surface area contributed by atoms with Crippen molar-refractivity contribution in [2.24, 2.45) is 0 Å². The number of hydrogen-bond donors (Lipinski definition) is 0. The molecule has 0 rings (SSSR count). The van der Waals surface area contributed by atoms with Crippen molar-refractivity contribution < 1.29 is 4.79 Å². The number of rotatable bonds is 3. The van der Waals surface area contributed by atoms with E-state index < -0.39 is 0 Å². The molecule has 0 bridgehead atoms. The summed E-state index contributed by atoms with van der Waals surface area (Å²) in [5.41, 5.74) is 1.84. The van der Waals surface area contributed by atoms with E-state index in [2.05, 4.69) is 0 Å². The lowest BCUT2D eigenvalue weighted by Crippen LogP contribution is -1.97. The molecule has 0 aliphatic carbocycles. The number of ketones is 1. The number of hydrogen-bond acceptors (Lipinski definition) is 1. The standard InChI is InChI=1S/C11H16O/c1-5-7-10(9(3)4)11(12)8-6-2/h5-8H,1-4H3/b7-5?,8-6-. The number of carbonyl (C=O) groups excluding carboxylic acids is 1. The van der Waals surface area contributed by atoms with Crippen molar-refractivity contribution in [3.05, 3.63) is 35.5 Å². The van der Waals surface area contributed by atoms with E-state index in [1.54, 1.807) is 12.2 Å². The summed E-state index contributed by atoms with van der Waals surface area (Å²) in [6.07, 6.45) is 7.07. The first kappa shape index (κ1) is 10.9. The molecular weight excluding hydrogens is 148 g/mol. The molecule has 0 saturated heterocycles. The molecule has 0 amide bonds. The van der Waals surface area contributed by atoms with Gasteiger partial charge in [-0.25, -0.2) is 0 Å². The van der Waals surface area contributed by atoms with E-state index in [1.807, 2.05) is 39.8 Å². The van der Waals surface area contributed by atoms with E-state index in [-0.39, 0.29) is 5.78 Å². The van der Waals surface area contributed by atoms with Crippen LogP contribution in [0.1, 0.15) is 27.7 Å². The summed E-state index contributed by atoms with van der Waals surface area (Å²) in [5.74, 6) is 0.0793. The Kier molecular flexibility index (Phi) is 5.02. The zero-order valence-corrected chi connectivity index (χ0v) is 8.22. The third-order valence-corrected chi connectivity index (χ3v) is 1.46. The molecule has 0 saturated carbocycles. The predicted octanol–water partition coefficient (Wildman–Crippen LogP) is 3.04. The van der Waals surface area contributed by atoms with Crippen molar-refractivity contribution in [2.45, 2.75) is 27.7 Å². The number of carbonyl (C=O) groups is 1. The molecule has 0 aliphatic heterocycles. The van der Waals surface area contributed by atoms with Crippen LogP contribution in [-0.4, -0.2) is 5.78 Å². The molecule has 1 nitrogen and oxygen atoms in total. The molecule has 12 heavy (non-hydrogen) atoms. The van der Waals surface area contributed by atoms with E-state index in [4.69, 9.17) is 0 Å². The molecule has 0 aromatic heterocycles. The van der Waals surface area contributed by atoms with E-state index in [1.165, 1.54) is 0 Å². The van der Waals surface area contributed by atoms with Crippen molar-refractivity contribution >= 4 is 5.78 Å². The third-order valence-electron chi connectivity index (χ3n) is 1.46. The maximum absolute atomic E-state index is 11.4. The van der Waals surface area contributed by atoms with Crippen LogP contribution in [0.25, 0.3) is 0 Å². The summed E-state index contributed by atoms with van der Waals surface area (Å²) in [6.45, 7) is 7.63. The van der Waals surface area contributed by atoms with Gasteiger partial charge in [-0.05, 0) is 33.8 Å². The molecule has 0 radical (unpaired) electrons. The highest BCUT2D eigenvalue weighted by Crippen LogP contribution is 2.07. The lowest BCUT2D eigenvalue weighted by Gasteiger charge is -1.98. The van der Waals surface area contributed by atoms with Gasteiger partial charge in [0.2, 0.25) is 0 Å². The maximum atomic E-state index is 11.4. The topological polar surface area (TPSA) is 17.1 Å². The van der Waals surface area contributed by atoms with Crippen LogP contribution in [0.3, 0.4) is 0 Å². The predicted molar refractivity (Wildman–Crippen MR) is 53.0 cm³/mol. The molecule has 1 heteroatoms. The maximum Gasteiger partial charge on any atom is 0.185 e. The van der Waals surface area contributed by atoms with Crippen molar-refractivity contribution in [2.75, 3.05) is 0 Å². The Morgan fingerprint density at radius 2 is 1.50 bits per heavy atom. The van der Waals surface area contributed by atoms with Gasteiger partial charge in [0.1, 0.15) is 0 Å². The van der Waals surface area contributed by atoms with Gasteiger partial charge in [-0.2, -0.15) is 0 Å². The van der Waals surface area contributed by atoms with Crippen molar-refractivity contribution in [1.29, 1.82) is 0 Å². The summed E-state index contributed by atoms with van der Waals surface area (Å²) in [4.78, 5) is 11.4. The SMILES string of the molecule is CC=CC(C(=O)/C=C\C)=C(C)C. The van der Waals surface area contributed by atoms with Crippen LogP contribution >= 0.6 is 0 Å². The molecule has 0 aromatic rings. The van der Waals surface area contributed by atoms with Crippen LogP contribution in [0.5, 0.6) is 0 Å². The van der Waals surface area contributed by atoms with Crippen LogP contribution < -0.4 is 0 Å². The largest absolute Gasteiger partial charge is 0.289 e. The smallest absolute Gasteiger partial charge is 0.185 e. The first-order valence-corrected chi connectivity index (χ1v) is 4.10. The summed E-state index contributed by atoms with van der Waals surface area (Å²) in [5, 5.41) is 0. The van der Waals surface area contributed by atoms with E-state index in [0.717, 1.165) is 11.1 Å². The number of allylic oxidation sites excluding steroid dienone is 6. The fraction of sp³-hybridized carbons (Fsp3) is 0.364. The van der Waals surface area contributed by atoms with Gasteiger partial charge in [0, 0.05) is 5.57 Å². The van der Waals surface area contributed by atoms with Gasteiger partial charge < -0.3 is 0 Å². The Labute approximate surface area is 74.5 Å². The van der Waals surface area contributed by atoms with E-state index in [9.17, 15) is 4.79 Å². The molecule has 0 spiro atoms. The normalized spacial score (nSPS) is 11.0. The van der Waals surface area contributed by atoms with Crippen molar-refractivity contribution in [3.8, 4) is 0 Å². The Morgan fingerprint density at radius 1 is 1.00 bits per heavy atom. The second kappa shape index (κ2) is 5.53. The van der Waals surface area contributed by atoms with Crippen LogP contribution in [0.2, 0.25) is 0 Å².